The monoisotopic (exact) mass is 619 g/mol. The summed E-state index contributed by atoms with van der Waals surface area (Å²) >= 11 is 3.27. The lowest BCUT2D eigenvalue weighted by Gasteiger charge is -2.29. The number of carbonyl (C=O) groups is 2. The number of nitrogens with one attached hydrogen (secondary N) is 1. The third-order valence-electron chi connectivity index (χ3n) is 7.34. The molecular formula is C26H25BrF3N7O3. The molecule has 0 aliphatic carbocycles. The van der Waals surface area contributed by atoms with Crippen LogP contribution in [0.1, 0.15) is 25.8 Å². The number of likely N-dealkylation sites (tertiary alicyclic amines) is 1. The minimum atomic E-state index is -4.70. The lowest BCUT2D eigenvalue weighted by Crippen LogP contribution is -2.47. The average molecular weight is 620 g/mol. The Bertz CT molecular complexity index is 1640. The Morgan fingerprint density at radius 1 is 1.23 bits per heavy atom. The van der Waals surface area contributed by atoms with Crippen molar-refractivity contribution in [1.82, 2.24) is 24.4 Å². The first-order chi connectivity index (χ1) is 18.9. The number of nitrogen functional groups attached to an aromatic ring is 1. The van der Waals surface area contributed by atoms with Crippen molar-refractivity contribution < 1.29 is 27.5 Å². The van der Waals surface area contributed by atoms with Crippen LogP contribution in [0.25, 0.3) is 21.9 Å². The molecule has 4 aromatic rings. The van der Waals surface area contributed by atoms with Crippen LogP contribution in [0, 0.1) is 5.92 Å². The van der Waals surface area contributed by atoms with E-state index in [9.17, 15) is 22.8 Å². The normalized spacial score (nSPS) is 19.4. The number of alkyl halides is 3. The number of ether oxygens (including phenoxy) is 1. The van der Waals surface area contributed by atoms with Crippen molar-refractivity contribution in [3.8, 4) is 5.75 Å². The van der Waals surface area contributed by atoms with Gasteiger partial charge in [0.15, 0.2) is 0 Å². The number of hydrogen-bond acceptors (Lipinski definition) is 7. The van der Waals surface area contributed by atoms with Crippen LogP contribution in [0.5, 0.6) is 5.75 Å². The summed E-state index contributed by atoms with van der Waals surface area (Å²) in [6.07, 6.45) is -3.09. The van der Waals surface area contributed by atoms with E-state index in [-0.39, 0.29) is 52.2 Å². The molecule has 40 heavy (non-hydrogen) atoms. The number of benzene rings is 1. The SMILES string of the molecule is COc1cc2c(cc1C(F)(F)F)c1c(N)ncnc1n2CC(=O)N1[C@H](C)[C@@H](C)C[C@H]1C(=O)Nc1cccc(Br)n1. The Labute approximate surface area is 234 Å². The molecular weight excluding hydrogens is 595 g/mol. The van der Waals surface area contributed by atoms with Crippen molar-refractivity contribution >= 4 is 61.3 Å². The van der Waals surface area contributed by atoms with Gasteiger partial charge in [0.1, 0.15) is 46.5 Å². The first-order valence-electron chi connectivity index (χ1n) is 12.3. The van der Waals surface area contributed by atoms with E-state index in [2.05, 4.69) is 36.2 Å². The number of rotatable bonds is 5. The summed E-state index contributed by atoms with van der Waals surface area (Å²) in [6, 6.07) is 6.17. The highest BCUT2D eigenvalue weighted by atomic mass is 79.9. The van der Waals surface area contributed by atoms with Crippen LogP contribution in [-0.2, 0) is 22.3 Å². The van der Waals surface area contributed by atoms with Crippen LogP contribution in [0.4, 0.5) is 24.8 Å². The Balaban J connectivity index is 1.56. The fraction of sp³-hybridized carbons (Fsp3) is 0.346. The van der Waals surface area contributed by atoms with E-state index in [1.807, 2.05) is 13.8 Å². The number of aromatic nitrogens is 4. The molecule has 0 bridgehead atoms. The van der Waals surface area contributed by atoms with Gasteiger partial charge in [-0.2, -0.15) is 13.2 Å². The van der Waals surface area contributed by atoms with Crippen LogP contribution in [0.2, 0.25) is 0 Å². The Morgan fingerprint density at radius 3 is 2.65 bits per heavy atom. The molecule has 3 aromatic heterocycles. The molecule has 0 saturated carbocycles. The summed E-state index contributed by atoms with van der Waals surface area (Å²) in [6.45, 7) is 3.51. The maximum absolute atomic E-state index is 13.9. The van der Waals surface area contributed by atoms with Crippen molar-refractivity contribution in [2.75, 3.05) is 18.2 Å². The summed E-state index contributed by atoms with van der Waals surface area (Å²) < 4.78 is 48.5. The Hall–Kier alpha value is -3.94. The van der Waals surface area contributed by atoms with Gasteiger partial charge in [-0.05, 0) is 53.4 Å². The van der Waals surface area contributed by atoms with Crippen LogP contribution in [0.15, 0.2) is 41.3 Å². The van der Waals surface area contributed by atoms with E-state index < -0.39 is 29.4 Å². The summed E-state index contributed by atoms with van der Waals surface area (Å²) in [4.78, 5) is 41.1. The van der Waals surface area contributed by atoms with Crippen molar-refractivity contribution in [1.29, 1.82) is 0 Å². The molecule has 0 spiro atoms. The number of anilines is 2. The van der Waals surface area contributed by atoms with Gasteiger partial charge in [0, 0.05) is 17.5 Å². The fourth-order valence-corrected chi connectivity index (χ4v) is 5.61. The standard InChI is InChI=1S/C26H25BrF3N7O3/c1-12-7-17(25(39)35-20-6-4-5-19(27)34-20)37(13(12)2)21(38)10-36-16-9-18(40-3)15(26(28,29)30)8-14(16)22-23(31)32-11-33-24(22)36/h4-6,8-9,11-13,17H,7,10H2,1-3H3,(H2,31,32,33)(H,34,35,39)/t12-,13+,17-/m0/s1. The second-order valence-corrected chi connectivity index (χ2v) is 10.5. The molecule has 0 radical (unpaired) electrons. The fourth-order valence-electron chi connectivity index (χ4n) is 5.27. The van der Waals surface area contributed by atoms with Crippen LogP contribution >= 0.6 is 15.9 Å². The summed E-state index contributed by atoms with van der Waals surface area (Å²) in [5.41, 5.74) is 5.53. The van der Waals surface area contributed by atoms with Crippen molar-refractivity contribution in [3.05, 3.63) is 46.8 Å². The minimum absolute atomic E-state index is 0.0146. The van der Waals surface area contributed by atoms with E-state index in [0.29, 0.717) is 16.8 Å². The number of nitrogens with zero attached hydrogens (tertiary/aromatic N) is 5. The number of methoxy groups -OCH3 is 1. The second-order valence-electron chi connectivity index (χ2n) is 9.72. The molecule has 210 valence electrons. The molecule has 1 aromatic carbocycles. The number of nitrogens with two attached hydrogens (primary N) is 1. The van der Waals surface area contributed by atoms with Crippen LogP contribution < -0.4 is 15.8 Å². The Morgan fingerprint density at radius 2 is 1.98 bits per heavy atom. The molecule has 1 fully saturated rings. The molecule has 10 nitrogen and oxygen atoms in total. The second kappa shape index (κ2) is 10.2. The lowest BCUT2D eigenvalue weighted by molar-refractivity contribution is -0.139. The minimum Gasteiger partial charge on any atom is -0.496 e. The summed E-state index contributed by atoms with van der Waals surface area (Å²) in [5.74, 6) is -0.886. The van der Waals surface area contributed by atoms with Gasteiger partial charge in [0.2, 0.25) is 11.8 Å². The van der Waals surface area contributed by atoms with Gasteiger partial charge in [-0.25, -0.2) is 15.0 Å². The Kier molecular flexibility index (Phi) is 7.06. The lowest BCUT2D eigenvalue weighted by atomic mass is 10.0. The van der Waals surface area contributed by atoms with Gasteiger partial charge in [0.05, 0.1) is 23.6 Å². The predicted molar refractivity (Wildman–Crippen MR) is 145 cm³/mol. The van der Waals surface area contributed by atoms with Crippen molar-refractivity contribution in [2.24, 2.45) is 5.92 Å². The quantitative estimate of drug-likeness (QED) is 0.312. The first-order valence-corrected chi connectivity index (χ1v) is 13.1. The predicted octanol–water partition coefficient (Wildman–Crippen LogP) is 4.62. The van der Waals surface area contributed by atoms with Gasteiger partial charge in [0.25, 0.3) is 0 Å². The van der Waals surface area contributed by atoms with Crippen LogP contribution in [0.3, 0.4) is 0 Å². The van der Waals surface area contributed by atoms with E-state index in [4.69, 9.17) is 10.5 Å². The summed E-state index contributed by atoms with van der Waals surface area (Å²) in [7, 11) is 1.14. The summed E-state index contributed by atoms with van der Waals surface area (Å²) in [5, 5.41) is 3.09. The molecule has 5 rings (SSSR count). The first kappa shape index (κ1) is 27.6. The zero-order valence-corrected chi connectivity index (χ0v) is 23.2. The average Bonchev–Trinajstić information content (AvgIpc) is 3.37. The van der Waals surface area contributed by atoms with E-state index in [1.54, 1.807) is 18.2 Å². The van der Waals surface area contributed by atoms with Crippen molar-refractivity contribution in [2.45, 2.75) is 45.1 Å². The largest absolute Gasteiger partial charge is 0.496 e. The highest BCUT2D eigenvalue weighted by Gasteiger charge is 2.43. The van der Waals surface area contributed by atoms with E-state index in [1.165, 1.54) is 21.9 Å². The molecule has 1 aliphatic rings. The molecule has 0 unspecified atom stereocenters. The third kappa shape index (κ3) is 4.80. The topological polar surface area (TPSA) is 128 Å². The maximum atomic E-state index is 13.9. The van der Waals surface area contributed by atoms with Gasteiger partial charge in [-0.3, -0.25) is 9.59 Å². The number of amides is 2. The molecule has 1 aliphatic heterocycles. The number of pyridine rings is 1. The number of halogens is 4. The van der Waals surface area contributed by atoms with Gasteiger partial charge in [-0.1, -0.05) is 13.0 Å². The van der Waals surface area contributed by atoms with Gasteiger partial charge >= 0.3 is 6.18 Å². The molecule has 1 saturated heterocycles. The zero-order valence-electron chi connectivity index (χ0n) is 21.7. The van der Waals surface area contributed by atoms with Gasteiger partial charge in [-0.15, -0.1) is 0 Å². The molecule has 2 amide bonds. The molecule has 14 heteroatoms. The molecule has 3 N–H and O–H groups in total. The number of carbonyl (C=O) groups excluding carboxylic acids is 2. The molecule has 3 atom stereocenters. The zero-order chi connectivity index (χ0) is 28.9. The molecule has 4 heterocycles. The van der Waals surface area contributed by atoms with E-state index in [0.717, 1.165) is 13.2 Å². The van der Waals surface area contributed by atoms with Gasteiger partial charge < -0.3 is 25.3 Å². The highest BCUT2D eigenvalue weighted by molar-refractivity contribution is 9.10. The smallest absolute Gasteiger partial charge is 0.419 e. The van der Waals surface area contributed by atoms with Crippen LogP contribution in [-0.4, -0.2) is 55.4 Å². The number of hydrogen-bond donors (Lipinski definition) is 2. The maximum Gasteiger partial charge on any atom is 0.419 e. The van der Waals surface area contributed by atoms with E-state index >= 15 is 0 Å². The number of fused-ring (bicyclic) bond motifs is 3. The van der Waals surface area contributed by atoms with Crippen molar-refractivity contribution in [3.63, 3.8) is 0 Å². The highest BCUT2D eigenvalue weighted by Crippen LogP contribution is 2.42. The third-order valence-corrected chi connectivity index (χ3v) is 7.78.